The maximum atomic E-state index is 11.3. The maximum absolute atomic E-state index is 11.3. The van der Waals surface area contributed by atoms with Gasteiger partial charge in [-0.25, -0.2) is 0 Å². The number of hydrogen-bond donors (Lipinski definition) is 2. The van der Waals surface area contributed by atoms with Gasteiger partial charge in [-0.1, -0.05) is 0 Å². The Morgan fingerprint density at radius 2 is 2.12 bits per heavy atom. The molecule has 3 heteroatoms. The molecule has 1 aliphatic rings. The van der Waals surface area contributed by atoms with Crippen LogP contribution >= 0.6 is 0 Å². The minimum atomic E-state index is -0.388. The van der Waals surface area contributed by atoms with Gasteiger partial charge in [-0.2, -0.15) is 0 Å². The Bertz CT molecular complexity index is 569. The first-order chi connectivity index (χ1) is 7.77. The van der Waals surface area contributed by atoms with E-state index in [0.29, 0.717) is 5.56 Å². The van der Waals surface area contributed by atoms with Gasteiger partial charge in [0.25, 0.3) is 5.91 Å². The highest BCUT2D eigenvalue weighted by atomic mass is 16.1. The molecule has 0 bridgehead atoms. The number of rotatable bonds is 1. The van der Waals surface area contributed by atoms with Gasteiger partial charge in [0.15, 0.2) is 0 Å². The summed E-state index contributed by atoms with van der Waals surface area (Å²) in [6, 6.07) is 6.61. The van der Waals surface area contributed by atoms with Crippen molar-refractivity contribution in [1.82, 2.24) is 4.98 Å². The summed E-state index contributed by atoms with van der Waals surface area (Å²) in [6.45, 7) is 0. The number of nitrogens with one attached hydrogen (secondary N) is 1. The number of aromatic amines is 1. The average molecular weight is 213 g/mol. The Kier molecular flexibility index (Phi) is 1.99. The maximum Gasteiger partial charge on any atom is 0.250 e. The number of benzene rings is 1. The highest BCUT2D eigenvalue weighted by Gasteiger charge is 2.17. The van der Waals surface area contributed by atoms with Gasteiger partial charge >= 0.3 is 0 Å². The quantitative estimate of drug-likeness (QED) is 0.747. The zero-order valence-corrected chi connectivity index (χ0v) is 8.97. The Labute approximate surface area is 93.6 Å². The third-order valence-corrected chi connectivity index (χ3v) is 3.33. The molecule has 0 fully saturated rings. The van der Waals surface area contributed by atoms with Crippen LogP contribution in [0.2, 0.25) is 0 Å². The minimum absolute atomic E-state index is 0.388. The molecule has 3 N–H and O–H groups in total. The van der Waals surface area contributed by atoms with E-state index in [1.54, 1.807) is 6.07 Å². The second kappa shape index (κ2) is 3.37. The van der Waals surface area contributed by atoms with E-state index >= 15 is 0 Å². The van der Waals surface area contributed by atoms with Crippen molar-refractivity contribution in [2.24, 2.45) is 5.73 Å². The van der Waals surface area contributed by atoms with E-state index in [0.717, 1.165) is 23.7 Å². The van der Waals surface area contributed by atoms with Gasteiger partial charge in [-0.3, -0.25) is 4.79 Å². The van der Waals surface area contributed by atoms with Crippen molar-refractivity contribution in [3.05, 3.63) is 35.0 Å². The molecule has 1 aromatic carbocycles. The Morgan fingerprint density at radius 3 is 2.94 bits per heavy atom. The molecule has 3 nitrogen and oxygen atoms in total. The average Bonchev–Trinajstić information content (AvgIpc) is 2.67. The van der Waals surface area contributed by atoms with Gasteiger partial charge in [-0.05, 0) is 49.4 Å². The lowest BCUT2D eigenvalue weighted by atomic mass is 9.95. The van der Waals surface area contributed by atoms with Crippen LogP contribution in [0.5, 0.6) is 0 Å². The van der Waals surface area contributed by atoms with Crippen LogP contribution in [-0.4, -0.2) is 10.9 Å². The molecule has 16 heavy (non-hydrogen) atoms. The van der Waals surface area contributed by atoms with Crippen molar-refractivity contribution < 1.29 is 4.79 Å². The van der Waals surface area contributed by atoms with E-state index < -0.39 is 0 Å². The standard InChI is InChI=1S/C13H13N2O/c14-13(16)10-6-3-5-9-8-4-1-2-7-11(8)15-12(9)10/h5-6,15H,1-2,4,7H2,(H2,14,16). The predicted molar refractivity (Wildman–Crippen MR) is 62.3 cm³/mol. The molecular formula is C13H13N2O. The molecule has 0 saturated carbocycles. The van der Waals surface area contributed by atoms with E-state index in [1.807, 2.05) is 6.07 Å². The molecule has 0 atom stereocenters. The van der Waals surface area contributed by atoms with Crippen LogP contribution in [0.1, 0.15) is 34.5 Å². The van der Waals surface area contributed by atoms with Crippen molar-refractivity contribution in [3.63, 3.8) is 0 Å². The van der Waals surface area contributed by atoms with E-state index in [9.17, 15) is 4.79 Å². The zero-order valence-electron chi connectivity index (χ0n) is 8.97. The van der Waals surface area contributed by atoms with Gasteiger partial charge in [0.1, 0.15) is 0 Å². The largest absolute Gasteiger partial charge is 0.366 e. The summed E-state index contributed by atoms with van der Waals surface area (Å²) in [5.74, 6) is -0.388. The van der Waals surface area contributed by atoms with Gasteiger partial charge in [0, 0.05) is 11.1 Å². The van der Waals surface area contributed by atoms with Crippen molar-refractivity contribution >= 4 is 16.8 Å². The molecule has 1 heterocycles. The third-order valence-electron chi connectivity index (χ3n) is 3.33. The second-order valence-electron chi connectivity index (χ2n) is 4.31. The van der Waals surface area contributed by atoms with Crippen molar-refractivity contribution in [2.75, 3.05) is 0 Å². The topological polar surface area (TPSA) is 58.9 Å². The SMILES string of the molecule is NC(=O)c1c[c]cc2c3c([nH]c12)CCCC3. The molecular weight excluding hydrogens is 200 g/mol. The molecule has 0 aliphatic heterocycles. The van der Waals surface area contributed by atoms with Crippen LogP contribution in [0, 0.1) is 6.07 Å². The molecule has 0 spiro atoms. The van der Waals surface area contributed by atoms with Crippen LogP contribution in [0.4, 0.5) is 0 Å². The number of H-pyrrole nitrogens is 1. The number of hydrogen-bond acceptors (Lipinski definition) is 1. The molecule has 3 rings (SSSR count). The van der Waals surface area contributed by atoms with Crippen LogP contribution in [0.3, 0.4) is 0 Å². The molecule has 1 aromatic heterocycles. The van der Waals surface area contributed by atoms with Crippen LogP contribution in [-0.2, 0) is 12.8 Å². The summed E-state index contributed by atoms with van der Waals surface area (Å²) in [6.07, 6.45) is 4.60. The Balaban J connectivity index is 2.33. The number of fused-ring (bicyclic) bond motifs is 3. The summed E-state index contributed by atoms with van der Waals surface area (Å²) in [5.41, 5.74) is 9.41. The van der Waals surface area contributed by atoms with Crippen molar-refractivity contribution in [1.29, 1.82) is 0 Å². The van der Waals surface area contributed by atoms with Crippen LogP contribution in [0.25, 0.3) is 10.9 Å². The van der Waals surface area contributed by atoms with E-state index in [2.05, 4.69) is 11.1 Å². The first-order valence-electron chi connectivity index (χ1n) is 5.60. The Morgan fingerprint density at radius 1 is 1.31 bits per heavy atom. The molecule has 81 valence electrons. The summed E-state index contributed by atoms with van der Waals surface area (Å²) < 4.78 is 0. The monoisotopic (exact) mass is 213 g/mol. The van der Waals surface area contributed by atoms with E-state index in [-0.39, 0.29) is 5.91 Å². The van der Waals surface area contributed by atoms with Gasteiger partial charge in [-0.15, -0.1) is 0 Å². The lowest BCUT2D eigenvalue weighted by Crippen LogP contribution is -2.11. The molecule has 0 saturated heterocycles. The van der Waals surface area contributed by atoms with E-state index in [1.165, 1.54) is 24.1 Å². The number of aromatic nitrogens is 1. The highest BCUT2D eigenvalue weighted by Crippen LogP contribution is 2.30. The van der Waals surface area contributed by atoms with Gasteiger partial charge in [0.2, 0.25) is 0 Å². The fourth-order valence-corrected chi connectivity index (χ4v) is 2.56. The number of carbonyl (C=O) groups is 1. The zero-order chi connectivity index (χ0) is 11.1. The highest BCUT2D eigenvalue weighted by molar-refractivity contribution is 6.06. The van der Waals surface area contributed by atoms with Crippen molar-refractivity contribution in [2.45, 2.75) is 25.7 Å². The molecule has 1 amide bonds. The van der Waals surface area contributed by atoms with Gasteiger partial charge in [0.05, 0.1) is 11.1 Å². The number of carbonyl (C=O) groups excluding carboxylic acids is 1. The summed E-state index contributed by atoms with van der Waals surface area (Å²) in [4.78, 5) is 14.7. The normalized spacial score (nSPS) is 15.0. The molecule has 2 aromatic rings. The fraction of sp³-hybridized carbons (Fsp3) is 0.308. The summed E-state index contributed by atoms with van der Waals surface area (Å²) in [5, 5.41) is 1.12. The third kappa shape index (κ3) is 1.24. The predicted octanol–water partition coefficient (Wildman–Crippen LogP) is 1.95. The van der Waals surface area contributed by atoms with Crippen LogP contribution < -0.4 is 5.73 Å². The van der Waals surface area contributed by atoms with Crippen molar-refractivity contribution in [3.8, 4) is 0 Å². The Hall–Kier alpha value is -1.77. The summed E-state index contributed by atoms with van der Waals surface area (Å²) in [7, 11) is 0. The van der Waals surface area contributed by atoms with E-state index in [4.69, 9.17) is 5.73 Å². The smallest absolute Gasteiger partial charge is 0.250 e. The van der Waals surface area contributed by atoms with Crippen LogP contribution in [0.15, 0.2) is 12.1 Å². The van der Waals surface area contributed by atoms with Gasteiger partial charge < -0.3 is 10.7 Å². The second-order valence-corrected chi connectivity index (χ2v) is 4.31. The first-order valence-corrected chi connectivity index (χ1v) is 5.60. The molecule has 1 aliphatic carbocycles. The lowest BCUT2D eigenvalue weighted by Gasteiger charge is -2.10. The molecule has 0 unspecified atom stereocenters. The number of aryl methyl sites for hydroxylation is 2. The fourth-order valence-electron chi connectivity index (χ4n) is 2.56. The minimum Gasteiger partial charge on any atom is -0.366 e. The first kappa shape index (κ1) is 9.46. The lowest BCUT2D eigenvalue weighted by molar-refractivity contribution is 0.100. The number of nitrogens with two attached hydrogens (primary N) is 1. The summed E-state index contributed by atoms with van der Waals surface area (Å²) >= 11 is 0. The number of primary amides is 1. The molecule has 1 radical (unpaired) electrons. The number of amides is 1.